The third kappa shape index (κ3) is 4.86. The molecule has 5 heteroatoms. The SMILES string of the molecule is c1ccc(-n2c3ccccc3c3cc(C4NC(c5cccc6cc(-n7c8ccccc8c8cc9ccccc9cc87)ccc56)=Nc5sc6ccccc6c54)ccc32)cc1. The zero-order valence-corrected chi connectivity index (χ0v) is 32.6. The van der Waals surface area contributed by atoms with Crippen LogP contribution in [0.25, 0.3) is 86.6 Å². The highest BCUT2D eigenvalue weighted by Crippen LogP contribution is 2.47. The van der Waals surface area contributed by atoms with Gasteiger partial charge < -0.3 is 14.5 Å². The molecule has 1 unspecified atom stereocenters. The van der Waals surface area contributed by atoms with Crippen LogP contribution in [0, 0.1) is 0 Å². The van der Waals surface area contributed by atoms with Crippen molar-refractivity contribution in [2.45, 2.75) is 6.04 Å². The van der Waals surface area contributed by atoms with E-state index in [1.165, 1.54) is 86.4 Å². The molecule has 0 radical (unpaired) electrons. The first-order valence-corrected chi connectivity index (χ1v) is 21.0. The van der Waals surface area contributed by atoms with Crippen LogP contribution in [0.2, 0.25) is 0 Å². The summed E-state index contributed by atoms with van der Waals surface area (Å²) in [5.41, 5.74) is 10.7. The maximum atomic E-state index is 5.43. The lowest BCUT2D eigenvalue weighted by atomic mass is 9.93. The lowest BCUT2D eigenvalue weighted by Crippen LogP contribution is -2.32. The molecule has 0 amide bonds. The molecule has 1 atom stereocenters. The molecule has 12 aromatic rings. The first-order valence-electron chi connectivity index (χ1n) is 20.2. The summed E-state index contributed by atoms with van der Waals surface area (Å²) in [6.07, 6.45) is 0. The normalized spacial score (nSPS) is 14.2. The molecule has 13 rings (SSSR count). The largest absolute Gasteiger partial charge is 0.358 e. The van der Waals surface area contributed by atoms with Gasteiger partial charge in [0.2, 0.25) is 0 Å². The molecule has 0 bridgehead atoms. The zero-order chi connectivity index (χ0) is 38.6. The number of hydrogen-bond acceptors (Lipinski definition) is 3. The van der Waals surface area contributed by atoms with Crippen LogP contribution in [0.5, 0.6) is 0 Å². The molecule has 0 aliphatic carbocycles. The van der Waals surface area contributed by atoms with Crippen molar-refractivity contribution in [2.24, 2.45) is 4.99 Å². The minimum Gasteiger partial charge on any atom is -0.358 e. The third-order valence-corrected chi connectivity index (χ3v) is 13.4. The molecule has 0 spiro atoms. The molecule has 1 aliphatic heterocycles. The molecular weight excluding hydrogens is 737 g/mol. The van der Waals surface area contributed by atoms with E-state index in [9.17, 15) is 0 Å². The number of thiophene rings is 1. The number of rotatable bonds is 4. The van der Waals surface area contributed by atoms with Crippen molar-refractivity contribution in [2.75, 3.05) is 0 Å². The molecule has 4 heterocycles. The van der Waals surface area contributed by atoms with E-state index >= 15 is 0 Å². The van der Waals surface area contributed by atoms with Gasteiger partial charge in [-0.25, -0.2) is 4.99 Å². The second kappa shape index (κ2) is 12.5. The van der Waals surface area contributed by atoms with Gasteiger partial charge in [0.1, 0.15) is 10.8 Å². The summed E-state index contributed by atoms with van der Waals surface area (Å²) < 4.78 is 6.05. The average Bonchev–Trinajstić information content (AvgIpc) is 3.95. The van der Waals surface area contributed by atoms with Crippen LogP contribution < -0.4 is 5.32 Å². The first-order chi connectivity index (χ1) is 29.2. The highest BCUT2D eigenvalue weighted by Gasteiger charge is 2.30. The lowest BCUT2D eigenvalue weighted by molar-refractivity contribution is 0.761. The Kier molecular flexibility index (Phi) is 6.91. The number of fused-ring (bicyclic) bond motifs is 11. The number of nitrogens with one attached hydrogen (secondary N) is 1. The smallest absolute Gasteiger partial charge is 0.136 e. The fourth-order valence-electron chi connectivity index (χ4n) is 9.72. The van der Waals surface area contributed by atoms with Crippen LogP contribution in [0.15, 0.2) is 199 Å². The first kappa shape index (κ1) is 32.6. The summed E-state index contributed by atoms with van der Waals surface area (Å²) in [5.74, 6) is 0.891. The molecule has 0 saturated carbocycles. The fraction of sp³-hybridized carbons (Fsp3) is 0.0185. The Bertz CT molecular complexity index is 3720. The number of benzene rings is 9. The van der Waals surface area contributed by atoms with Gasteiger partial charge in [0, 0.05) is 54.1 Å². The molecule has 276 valence electrons. The van der Waals surface area contributed by atoms with Crippen molar-refractivity contribution in [3.8, 4) is 11.4 Å². The Morgan fingerprint density at radius 3 is 1.88 bits per heavy atom. The lowest BCUT2D eigenvalue weighted by Gasteiger charge is -2.27. The molecular formula is C54H34N4S. The van der Waals surface area contributed by atoms with Gasteiger partial charge in [-0.15, -0.1) is 11.3 Å². The zero-order valence-electron chi connectivity index (χ0n) is 31.8. The van der Waals surface area contributed by atoms with Gasteiger partial charge in [-0.05, 0) is 93.8 Å². The van der Waals surface area contributed by atoms with Gasteiger partial charge >= 0.3 is 0 Å². The van der Waals surface area contributed by atoms with Crippen molar-refractivity contribution in [1.82, 2.24) is 14.5 Å². The highest BCUT2D eigenvalue weighted by molar-refractivity contribution is 7.22. The Morgan fingerprint density at radius 2 is 1.07 bits per heavy atom. The van der Waals surface area contributed by atoms with E-state index in [1.54, 1.807) is 11.3 Å². The average molecular weight is 771 g/mol. The van der Waals surface area contributed by atoms with E-state index in [-0.39, 0.29) is 6.04 Å². The van der Waals surface area contributed by atoms with Gasteiger partial charge in [0.25, 0.3) is 0 Å². The summed E-state index contributed by atoms with van der Waals surface area (Å²) in [6.45, 7) is 0. The molecule has 0 fully saturated rings. The maximum absolute atomic E-state index is 5.43. The van der Waals surface area contributed by atoms with Gasteiger partial charge in [-0.2, -0.15) is 0 Å². The summed E-state index contributed by atoms with van der Waals surface area (Å²) in [5, 5.41) is 16.2. The molecule has 1 aliphatic rings. The van der Waals surface area contributed by atoms with Crippen LogP contribution in [0.4, 0.5) is 5.00 Å². The summed E-state index contributed by atoms with van der Waals surface area (Å²) >= 11 is 1.78. The summed E-state index contributed by atoms with van der Waals surface area (Å²) in [7, 11) is 0. The number of amidine groups is 1. The van der Waals surface area contributed by atoms with E-state index in [0.29, 0.717) is 0 Å². The Labute approximate surface area is 343 Å². The minimum atomic E-state index is -0.0983. The van der Waals surface area contributed by atoms with E-state index in [4.69, 9.17) is 4.99 Å². The van der Waals surface area contributed by atoms with E-state index in [1.807, 2.05) is 0 Å². The second-order valence-corrected chi connectivity index (χ2v) is 16.6. The topological polar surface area (TPSA) is 34.2 Å². The van der Waals surface area contributed by atoms with Crippen LogP contribution in [0.3, 0.4) is 0 Å². The molecule has 59 heavy (non-hydrogen) atoms. The van der Waals surface area contributed by atoms with Crippen molar-refractivity contribution < 1.29 is 0 Å². The van der Waals surface area contributed by atoms with Crippen LogP contribution >= 0.6 is 11.3 Å². The molecule has 4 nitrogen and oxygen atoms in total. The van der Waals surface area contributed by atoms with Crippen molar-refractivity contribution in [3.63, 3.8) is 0 Å². The molecule has 0 saturated heterocycles. The van der Waals surface area contributed by atoms with Gasteiger partial charge in [0.05, 0.1) is 28.1 Å². The Balaban J connectivity index is 0.973. The number of hydrogen-bond donors (Lipinski definition) is 1. The monoisotopic (exact) mass is 770 g/mol. The standard InChI is InChI=1S/C54H34N4S/c1-2-16-37(17-3-1)57-46-22-9-6-18-40(46)44-31-36(25-28-48(44)57)52-51-43-20-8-11-24-50(43)59-54(51)56-53(55-52)42-21-12-15-35-29-38(26-27-39(35)42)58-47-23-10-7-19-41(47)45-30-33-13-4-5-14-34(33)32-49(45)58/h1-32,52H,(H,55,56). The molecule has 3 aromatic heterocycles. The fourth-order valence-corrected chi connectivity index (χ4v) is 10.8. The number of aromatic nitrogens is 2. The summed E-state index contributed by atoms with van der Waals surface area (Å²) in [4.78, 5) is 5.43. The van der Waals surface area contributed by atoms with Crippen LogP contribution in [-0.2, 0) is 0 Å². The van der Waals surface area contributed by atoms with Gasteiger partial charge in [-0.3, -0.25) is 0 Å². The third-order valence-electron chi connectivity index (χ3n) is 12.4. The van der Waals surface area contributed by atoms with Crippen molar-refractivity contribution >= 4 is 97.4 Å². The molecule has 1 N–H and O–H groups in total. The van der Waals surface area contributed by atoms with Crippen molar-refractivity contribution in [3.05, 3.63) is 211 Å². The van der Waals surface area contributed by atoms with Crippen LogP contribution in [0.1, 0.15) is 22.7 Å². The number of nitrogens with zero attached hydrogens (tertiary/aromatic N) is 3. The van der Waals surface area contributed by atoms with Crippen LogP contribution in [-0.4, -0.2) is 15.0 Å². The second-order valence-electron chi connectivity index (χ2n) is 15.6. The minimum absolute atomic E-state index is 0.0983. The van der Waals surface area contributed by atoms with Crippen molar-refractivity contribution in [1.29, 1.82) is 0 Å². The maximum Gasteiger partial charge on any atom is 0.136 e. The summed E-state index contributed by atoms with van der Waals surface area (Å²) in [6, 6.07) is 70.7. The molecule has 9 aromatic carbocycles. The number of aliphatic imine (C=N–C) groups is 1. The number of para-hydroxylation sites is 3. The van der Waals surface area contributed by atoms with Gasteiger partial charge in [-0.1, -0.05) is 127 Å². The van der Waals surface area contributed by atoms with Gasteiger partial charge in [0.15, 0.2) is 0 Å². The quantitative estimate of drug-likeness (QED) is 0.190. The predicted molar refractivity (Wildman–Crippen MR) is 250 cm³/mol. The highest BCUT2D eigenvalue weighted by atomic mass is 32.1. The van der Waals surface area contributed by atoms with E-state index < -0.39 is 0 Å². The Hall–Kier alpha value is -7.47. The predicted octanol–water partition coefficient (Wildman–Crippen LogP) is 14.2. The Morgan fingerprint density at radius 1 is 0.424 bits per heavy atom. The van der Waals surface area contributed by atoms with E-state index in [2.05, 4.69) is 209 Å². The van der Waals surface area contributed by atoms with E-state index in [0.717, 1.165) is 27.8 Å².